The minimum Gasteiger partial charge on any atom is -0.387 e. The number of rotatable bonds is 7. The number of benzene rings is 2. The lowest BCUT2D eigenvalue weighted by Gasteiger charge is -2.52. The lowest BCUT2D eigenvalue weighted by molar-refractivity contribution is -0.160. The van der Waals surface area contributed by atoms with Gasteiger partial charge in [-0.1, -0.05) is 67.4 Å². The van der Waals surface area contributed by atoms with Crippen LogP contribution in [0.3, 0.4) is 0 Å². The molecule has 1 N–H and O–H groups in total. The first-order chi connectivity index (χ1) is 18.4. The van der Waals surface area contributed by atoms with Gasteiger partial charge in [0.05, 0.1) is 36.7 Å². The third-order valence-electron chi connectivity index (χ3n) is 8.50. The van der Waals surface area contributed by atoms with Crippen molar-refractivity contribution in [2.45, 2.75) is 63.5 Å². The maximum absolute atomic E-state index is 13.2. The predicted molar refractivity (Wildman–Crippen MR) is 145 cm³/mol. The van der Waals surface area contributed by atoms with Gasteiger partial charge < -0.3 is 10.0 Å². The molecule has 1 atom stereocenters. The number of likely N-dealkylation sites (tertiary alicyclic amines) is 1. The van der Waals surface area contributed by atoms with Crippen LogP contribution in [0.15, 0.2) is 71.8 Å². The van der Waals surface area contributed by atoms with Crippen LogP contribution in [-0.2, 0) is 24.2 Å². The summed E-state index contributed by atoms with van der Waals surface area (Å²) in [5.74, 6) is 0.102. The van der Waals surface area contributed by atoms with Crippen LogP contribution >= 0.6 is 0 Å². The maximum Gasteiger partial charge on any atom is 0.253 e. The van der Waals surface area contributed by atoms with E-state index in [0.29, 0.717) is 44.5 Å². The Bertz CT molecular complexity index is 1370. The number of nitrogens with zero attached hydrogens (tertiary/aromatic N) is 4. The highest BCUT2D eigenvalue weighted by Crippen LogP contribution is 2.51. The molecular weight excluding hydrogens is 476 g/mol. The zero-order valence-electron chi connectivity index (χ0n) is 21.7. The van der Waals surface area contributed by atoms with Crippen molar-refractivity contribution >= 4 is 5.91 Å². The number of aromatic nitrogens is 2. The second-order valence-electron chi connectivity index (χ2n) is 10.8. The monoisotopic (exact) mass is 510 g/mol. The van der Waals surface area contributed by atoms with Gasteiger partial charge in [0.1, 0.15) is 0 Å². The molecule has 38 heavy (non-hydrogen) atoms. The lowest BCUT2D eigenvalue weighted by atomic mass is 9.65. The molecule has 2 aliphatic rings. The number of hydrogen-bond acceptors (Lipinski definition) is 5. The van der Waals surface area contributed by atoms with E-state index < -0.39 is 11.0 Å². The first-order valence-electron chi connectivity index (χ1n) is 13.5. The molecule has 7 nitrogen and oxygen atoms in total. The van der Waals surface area contributed by atoms with Crippen LogP contribution in [0.5, 0.6) is 0 Å². The van der Waals surface area contributed by atoms with Crippen molar-refractivity contribution in [3.8, 4) is 17.3 Å². The molecule has 0 radical (unpaired) electrons. The summed E-state index contributed by atoms with van der Waals surface area (Å²) < 4.78 is 1.53. The van der Waals surface area contributed by atoms with Gasteiger partial charge in [-0.3, -0.25) is 14.2 Å². The number of aliphatic hydroxyl groups is 1. The van der Waals surface area contributed by atoms with Gasteiger partial charge in [0.25, 0.3) is 5.56 Å². The van der Waals surface area contributed by atoms with E-state index in [1.54, 1.807) is 6.33 Å². The van der Waals surface area contributed by atoms with Crippen LogP contribution in [0.25, 0.3) is 11.3 Å². The first kappa shape index (κ1) is 25.9. The highest BCUT2D eigenvalue weighted by molar-refractivity contribution is 5.76. The molecule has 3 aromatic rings. The Kier molecular flexibility index (Phi) is 7.44. The number of aryl methyl sites for hydroxylation is 1. The number of hydrogen-bond donors (Lipinski definition) is 1. The Labute approximate surface area is 223 Å². The van der Waals surface area contributed by atoms with Gasteiger partial charge in [0.2, 0.25) is 5.91 Å². The average molecular weight is 511 g/mol. The third-order valence-corrected chi connectivity index (χ3v) is 8.50. The van der Waals surface area contributed by atoms with Gasteiger partial charge in [-0.2, -0.15) is 5.26 Å². The van der Waals surface area contributed by atoms with Crippen molar-refractivity contribution in [3.05, 3.63) is 88.5 Å². The molecule has 7 heteroatoms. The smallest absolute Gasteiger partial charge is 0.253 e. The molecule has 1 aliphatic carbocycles. The fraction of sp³-hybridized carbons (Fsp3) is 0.419. The van der Waals surface area contributed by atoms with E-state index in [1.807, 2.05) is 59.5 Å². The second kappa shape index (κ2) is 10.9. The summed E-state index contributed by atoms with van der Waals surface area (Å²) in [6.45, 7) is 1.18. The fourth-order valence-corrected chi connectivity index (χ4v) is 6.23. The summed E-state index contributed by atoms with van der Waals surface area (Å²) >= 11 is 0. The summed E-state index contributed by atoms with van der Waals surface area (Å²) in [7, 11) is 0. The minimum atomic E-state index is -1.07. The molecule has 1 amide bonds. The van der Waals surface area contributed by atoms with E-state index in [2.05, 4.69) is 11.1 Å². The molecule has 1 saturated carbocycles. The van der Waals surface area contributed by atoms with E-state index in [0.717, 1.165) is 42.4 Å². The Morgan fingerprint density at radius 1 is 1.03 bits per heavy atom. The van der Waals surface area contributed by atoms with E-state index in [1.165, 1.54) is 10.6 Å². The zero-order chi connectivity index (χ0) is 26.6. The van der Waals surface area contributed by atoms with Crippen LogP contribution in [0.4, 0.5) is 0 Å². The van der Waals surface area contributed by atoms with Gasteiger partial charge in [-0.25, -0.2) is 4.98 Å². The predicted octanol–water partition coefficient (Wildman–Crippen LogP) is 4.13. The molecule has 1 unspecified atom stereocenters. The Balaban J connectivity index is 1.27. The van der Waals surface area contributed by atoms with E-state index in [9.17, 15) is 14.7 Å². The molecule has 0 bridgehead atoms. The molecule has 1 aromatic heterocycles. The SMILES string of the molecule is N#CCc1ccc(CCC(=O)N2CCC(O)(Cn3cnc(-c4ccccc4)cc3=O)C3(CCCC3)C2)cc1. The van der Waals surface area contributed by atoms with E-state index in [4.69, 9.17) is 5.26 Å². The van der Waals surface area contributed by atoms with Crippen molar-refractivity contribution in [1.29, 1.82) is 5.26 Å². The van der Waals surface area contributed by atoms with E-state index >= 15 is 0 Å². The summed E-state index contributed by atoms with van der Waals surface area (Å²) in [5.41, 5.74) is 1.88. The van der Waals surface area contributed by atoms with Crippen molar-refractivity contribution in [2.75, 3.05) is 13.1 Å². The van der Waals surface area contributed by atoms with Crippen molar-refractivity contribution in [3.63, 3.8) is 0 Å². The number of nitriles is 1. The highest BCUT2D eigenvalue weighted by Gasteiger charge is 2.55. The average Bonchev–Trinajstić information content (AvgIpc) is 3.41. The number of amides is 1. The van der Waals surface area contributed by atoms with Crippen molar-refractivity contribution in [2.24, 2.45) is 5.41 Å². The standard InChI is InChI=1S/C31H34N4O3/c32-18-14-25-10-8-24(9-11-25)12-13-28(36)34-19-17-31(38,30(21-34)15-4-5-16-30)22-35-23-33-27(20-29(35)37)26-6-2-1-3-7-26/h1-3,6-11,20,23,38H,4-5,12-17,19,21-22H2. The molecule has 196 valence electrons. The van der Waals surface area contributed by atoms with E-state index in [-0.39, 0.29) is 18.0 Å². The van der Waals surface area contributed by atoms with Gasteiger partial charge in [-0.05, 0) is 36.8 Å². The summed E-state index contributed by atoms with van der Waals surface area (Å²) in [6, 6.07) is 21.1. The Morgan fingerprint density at radius 3 is 2.42 bits per heavy atom. The Morgan fingerprint density at radius 2 is 1.74 bits per heavy atom. The fourth-order valence-electron chi connectivity index (χ4n) is 6.23. The van der Waals surface area contributed by atoms with Gasteiger partial charge >= 0.3 is 0 Å². The van der Waals surface area contributed by atoms with Crippen LogP contribution in [0, 0.1) is 16.7 Å². The summed E-state index contributed by atoms with van der Waals surface area (Å²) in [4.78, 5) is 32.7. The summed E-state index contributed by atoms with van der Waals surface area (Å²) in [5, 5.41) is 20.9. The van der Waals surface area contributed by atoms with Crippen LogP contribution in [0.1, 0.15) is 49.7 Å². The molecule has 1 spiro atoms. The van der Waals surface area contributed by atoms with Gasteiger partial charge in [0, 0.05) is 36.6 Å². The van der Waals surface area contributed by atoms with Crippen molar-refractivity contribution < 1.29 is 9.90 Å². The maximum atomic E-state index is 13.2. The molecule has 2 fully saturated rings. The van der Waals surface area contributed by atoms with Gasteiger partial charge in [0.15, 0.2) is 0 Å². The van der Waals surface area contributed by atoms with Crippen molar-refractivity contribution in [1.82, 2.24) is 14.5 Å². The zero-order valence-corrected chi connectivity index (χ0v) is 21.7. The third kappa shape index (κ3) is 5.27. The van der Waals surface area contributed by atoms with Crippen LogP contribution in [-0.4, -0.2) is 44.2 Å². The molecule has 1 aliphatic heterocycles. The topological polar surface area (TPSA) is 99.2 Å². The molecule has 2 heterocycles. The van der Waals surface area contributed by atoms with Crippen LogP contribution < -0.4 is 5.56 Å². The van der Waals surface area contributed by atoms with Crippen LogP contribution in [0.2, 0.25) is 0 Å². The summed E-state index contributed by atoms with van der Waals surface area (Å²) in [6.07, 6.45) is 7.15. The second-order valence-corrected chi connectivity index (χ2v) is 10.8. The number of carbonyl (C=O) groups excluding carboxylic acids is 1. The largest absolute Gasteiger partial charge is 0.387 e. The molecule has 2 aromatic carbocycles. The number of carbonyl (C=O) groups is 1. The quantitative estimate of drug-likeness (QED) is 0.515. The lowest BCUT2D eigenvalue weighted by Crippen LogP contribution is -2.62. The molecule has 1 saturated heterocycles. The van der Waals surface area contributed by atoms with Gasteiger partial charge in [-0.15, -0.1) is 0 Å². The molecule has 5 rings (SSSR count). The first-order valence-corrected chi connectivity index (χ1v) is 13.5. The molecular formula is C31H34N4O3. The minimum absolute atomic E-state index is 0.102. The highest BCUT2D eigenvalue weighted by atomic mass is 16.3. The number of piperidine rings is 1. The normalized spacial score (nSPS) is 20.4. The Hall–Kier alpha value is -3.76.